The van der Waals surface area contributed by atoms with Crippen molar-refractivity contribution in [2.24, 2.45) is 0 Å². The molecule has 22 heavy (non-hydrogen) atoms. The Bertz CT molecular complexity index is 816. The van der Waals surface area contributed by atoms with Crippen molar-refractivity contribution in [1.82, 2.24) is 0 Å². The molecule has 0 bridgehead atoms. The summed E-state index contributed by atoms with van der Waals surface area (Å²) in [5.74, 6) is 0. The van der Waals surface area contributed by atoms with E-state index < -0.39 is 0 Å². The van der Waals surface area contributed by atoms with Gasteiger partial charge in [-0.05, 0) is 76.3 Å². The maximum absolute atomic E-state index is 2.48. The lowest BCUT2D eigenvalue weighted by Crippen LogP contribution is -2.09. The molecular weight excluding hydrogens is 264 g/mol. The van der Waals surface area contributed by atoms with Gasteiger partial charge in [-0.25, -0.2) is 0 Å². The molecule has 2 aliphatic carbocycles. The molecule has 0 saturated heterocycles. The minimum Gasteiger partial charge on any atom is -0.0620 e. The van der Waals surface area contributed by atoms with E-state index in [9.17, 15) is 0 Å². The number of fused-ring (bicyclic) bond motifs is 6. The molecule has 2 aliphatic rings. The second kappa shape index (κ2) is 4.58. The van der Waals surface area contributed by atoms with Gasteiger partial charge in [0, 0.05) is 0 Å². The zero-order valence-corrected chi connectivity index (χ0v) is 12.6. The van der Waals surface area contributed by atoms with Gasteiger partial charge in [0.25, 0.3) is 0 Å². The molecule has 0 atom stereocenters. The van der Waals surface area contributed by atoms with Gasteiger partial charge in [-0.3, -0.25) is 0 Å². The molecule has 0 heterocycles. The van der Waals surface area contributed by atoms with E-state index in [1.807, 2.05) is 0 Å². The van der Waals surface area contributed by atoms with Crippen LogP contribution in [-0.4, -0.2) is 0 Å². The topological polar surface area (TPSA) is 0 Å². The zero-order chi connectivity index (χ0) is 14.5. The third-order valence-electron chi connectivity index (χ3n) is 5.27. The molecule has 0 aliphatic heterocycles. The molecule has 5 rings (SSSR count). The second-order valence-electron chi connectivity index (χ2n) is 6.48. The van der Waals surface area contributed by atoms with Crippen LogP contribution in [0.1, 0.15) is 22.3 Å². The first-order valence-electron chi connectivity index (χ1n) is 8.22. The van der Waals surface area contributed by atoms with Gasteiger partial charge in [0.15, 0.2) is 0 Å². The molecule has 0 nitrogen and oxygen atoms in total. The summed E-state index contributed by atoms with van der Waals surface area (Å²) in [7, 11) is 0. The predicted molar refractivity (Wildman–Crippen MR) is 92.1 cm³/mol. The summed E-state index contributed by atoms with van der Waals surface area (Å²) in [4.78, 5) is 0. The first-order valence-corrected chi connectivity index (χ1v) is 8.22. The Morgan fingerprint density at radius 3 is 1.41 bits per heavy atom. The molecular formula is C22H18. The first-order chi connectivity index (χ1) is 10.9. The van der Waals surface area contributed by atoms with Crippen LogP contribution < -0.4 is 0 Å². The van der Waals surface area contributed by atoms with Gasteiger partial charge < -0.3 is 0 Å². The van der Waals surface area contributed by atoms with E-state index in [0.29, 0.717) is 0 Å². The van der Waals surface area contributed by atoms with Crippen molar-refractivity contribution in [3.8, 4) is 22.3 Å². The third-order valence-corrected chi connectivity index (χ3v) is 5.27. The largest absolute Gasteiger partial charge is 0.0620 e. The lowest BCUT2D eigenvalue weighted by atomic mass is 9.78. The van der Waals surface area contributed by atoms with Crippen LogP contribution in [0.15, 0.2) is 60.7 Å². The highest BCUT2D eigenvalue weighted by Gasteiger charge is 2.21. The van der Waals surface area contributed by atoms with Crippen LogP contribution in [0.3, 0.4) is 0 Å². The van der Waals surface area contributed by atoms with Crippen molar-refractivity contribution in [1.29, 1.82) is 0 Å². The predicted octanol–water partition coefficient (Wildman–Crippen LogP) is 5.22. The van der Waals surface area contributed by atoms with E-state index >= 15 is 0 Å². The van der Waals surface area contributed by atoms with Crippen molar-refractivity contribution >= 4 is 0 Å². The van der Waals surface area contributed by atoms with Gasteiger partial charge in [0.05, 0.1) is 0 Å². The summed E-state index contributed by atoms with van der Waals surface area (Å²) in [6, 6.07) is 22.7. The van der Waals surface area contributed by atoms with Gasteiger partial charge in [-0.2, -0.15) is 0 Å². The van der Waals surface area contributed by atoms with Gasteiger partial charge >= 0.3 is 0 Å². The molecule has 0 saturated carbocycles. The fourth-order valence-electron chi connectivity index (χ4n) is 4.15. The Kier molecular flexibility index (Phi) is 2.54. The van der Waals surface area contributed by atoms with Gasteiger partial charge in [-0.1, -0.05) is 54.6 Å². The molecule has 0 heteroatoms. The molecule has 3 aromatic rings. The van der Waals surface area contributed by atoms with Crippen molar-refractivity contribution in [3.63, 3.8) is 0 Å². The monoisotopic (exact) mass is 282 g/mol. The van der Waals surface area contributed by atoms with E-state index in [2.05, 4.69) is 60.7 Å². The molecule has 0 aromatic heterocycles. The Morgan fingerprint density at radius 1 is 0.409 bits per heavy atom. The second-order valence-corrected chi connectivity index (χ2v) is 6.48. The highest BCUT2D eigenvalue weighted by atomic mass is 14.3. The fourth-order valence-corrected chi connectivity index (χ4v) is 4.15. The lowest BCUT2D eigenvalue weighted by molar-refractivity contribution is 0.910. The van der Waals surface area contributed by atoms with Crippen molar-refractivity contribution in [3.05, 3.63) is 82.9 Å². The van der Waals surface area contributed by atoms with E-state index in [1.165, 1.54) is 70.2 Å². The minimum absolute atomic E-state index is 1.18. The number of hydrogen-bond acceptors (Lipinski definition) is 0. The standard InChI is InChI=1S/C22H18/c1-3-7-19-15(5-1)9-11-17-13-18-12-10-16-6-2-4-8-20(16)22(18)14-21(17)19/h1-8,13-14H,9-12H2. The highest BCUT2D eigenvalue weighted by molar-refractivity contribution is 5.82. The van der Waals surface area contributed by atoms with Crippen molar-refractivity contribution in [2.45, 2.75) is 25.7 Å². The van der Waals surface area contributed by atoms with E-state index in [-0.39, 0.29) is 0 Å². The summed E-state index contributed by atoms with van der Waals surface area (Å²) < 4.78 is 0. The van der Waals surface area contributed by atoms with Gasteiger partial charge in [-0.15, -0.1) is 0 Å². The molecule has 3 aromatic carbocycles. The first kappa shape index (κ1) is 12.2. The number of aryl methyl sites for hydroxylation is 4. The van der Waals surface area contributed by atoms with Crippen LogP contribution in [0, 0.1) is 0 Å². The Morgan fingerprint density at radius 2 is 0.864 bits per heavy atom. The number of benzene rings is 3. The molecule has 0 fully saturated rings. The van der Waals surface area contributed by atoms with E-state index in [4.69, 9.17) is 0 Å². The molecule has 106 valence electrons. The minimum atomic E-state index is 1.18. The molecule has 0 unspecified atom stereocenters. The van der Waals surface area contributed by atoms with Crippen LogP contribution in [0.2, 0.25) is 0 Å². The third kappa shape index (κ3) is 1.70. The zero-order valence-electron chi connectivity index (χ0n) is 12.6. The summed E-state index contributed by atoms with van der Waals surface area (Å²) in [5, 5.41) is 0. The molecule has 0 amide bonds. The van der Waals surface area contributed by atoms with E-state index in [0.717, 1.165) is 0 Å². The summed E-state index contributed by atoms with van der Waals surface area (Å²) in [6.07, 6.45) is 4.72. The van der Waals surface area contributed by atoms with Crippen LogP contribution in [0.5, 0.6) is 0 Å². The normalized spacial score (nSPS) is 14.5. The molecule has 0 radical (unpaired) electrons. The van der Waals surface area contributed by atoms with Gasteiger partial charge in [0.1, 0.15) is 0 Å². The van der Waals surface area contributed by atoms with E-state index in [1.54, 1.807) is 0 Å². The maximum Gasteiger partial charge on any atom is -0.0143 e. The Balaban J connectivity index is 1.78. The van der Waals surface area contributed by atoms with Crippen LogP contribution in [0.4, 0.5) is 0 Å². The average Bonchev–Trinajstić information content (AvgIpc) is 2.60. The summed E-state index contributed by atoms with van der Waals surface area (Å²) in [6.45, 7) is 0. The highest BCUT2D eigenvalue weighted by Crippen LogP contribution is 2.41. The van der Waals surface area contributed by atoms with Crippen LogP contribution in [0.25, 0.3) is 22.3 Å². The van der Waals surface area contributed by atoms with Crippen molar-refractivity contribution in [2.75, 3.05) is 0 Å². The van der Waals surface area contributed by atoms with Crippen molar-refractivity contribution < 1.29 is 0 Å². The SMILES string of the molecule is c1ccc2c(c1)CCc1cc3c(cc1-2)-c1ccccc1CC3. The lowest BCUT2D eigenvalue weighted by Gasteiger charge is -2.26. The Labute approximate surface area is 131 Å². The quantitative estimate of drug-likeness (QED) is 0.530. The van der Waals surface area contributed by atoms with Crippen LogP contribution >= 0.6 is 0 Å². The fraction of sp³-hybridized carbons (Fsp3) is 0.182. The number of rotatable bonds is 0. The molecule has 0 N–H and O–H groups in total. The summed E-state index contributed by atoms with van der Waals surface area (Å²) >= 11 is 0. The number of hydrogen-bond donors (Lipinski definition) is 0. The smallest absolute Gasteiger partial charge is 0.0143 e. The summed E-state index contributed by atoms with van der Waals surface area (Å²) in [5.41, 5.74) is 11.9. The van der Waals surface area contributed by atoms with Gasteiger partial charge in [0.2, 0.25) is 0 Å². The average molecular weight is 282 g/mol. The Hall–Kier alpha value is -2.34. The van der Waals surface area contributed by atoms with Crippen LogP contribution in [-0.2, 0) is 25.7 Å². The molecule has 0 spiro atoms. The maximum atomic E-state index is 2.48.